The molecule has 1 aliphatic rings. The average Bonchev–Trinajstić information content (AvgIpc) is 2.46. The first-order valence-electron chi connectivity index (χ1n) is 6.95. The molecule has 110 valence electrons. The number of anilines is 1. The van der Waals surface area contributed by atoms with Gasteiger partial charge in [0, 0.05) is 27.0 Å². The molecule has 0 bridgehead atoms. The number of nitrogens with one attached hydrogen (secondary N) is 1. The van der Waals surface area contributed by atoms with Crippen LogP contribution >= 0.6 is 39.9 Å². The van der Waals surface area contributed by atoms with Crippen molar-refractivity contribution >= 4 is 50.6 Å². The molecular weight excluding hydrogens is 352 g/mol. The van der Waals surface area contributed by atoms with Gasteiger partial charge in [0.05, 0.1) is 0 Å². The molecule has 1 fully saturated rings. The van der Waals surface area contributed by atoms with Crippen LogP contribution < -0.4 is 11.1 Å². The molecule has 0 spiro atoms. The number of hydrogen-bond donors (Lipinski definition) is 2. The van der Waals surface area contributed by atoms with Gasteiger partial charge in [0.1, 0.15) is 4.99 Å². The molecule has 0 unspecified atom stereocenters. The normalized spacial score (nSPS) is 17.7. The summed E-state index contributed by atoms with van der Waals surface area (Å²) < 4.78 is 1.40. The Balaban J connectivity index is 2.13. The number of halogens is 1. The fraction of sp³-hybridized carbons (Fsp3) is 0.533. The third-order valence-electron chi connectivity index (χ3n) is 4.05. The van der Waals surface area contributed by atoms with Crippen LogP contribution in [0.1, 0.15) is 37.7 Å². The number of thiocarbonyl (C=S) groups is 1. The van der Waals surface area contributed by atoms with Crippen molar-refractivity contribution in [2.45, 2.75) is 36.9 Å². The summed E-state index contributed by atoms with van der Waals surface area (Å²) in [7, 11) is 0. The van der Waals surface area contributed by atoms with Gasteiger partial charge in [-0.25, -0.2) is 0 Å². The zero-order valence-electron chi connectivity index (χ0n) is 11.7. The molecular formula is C15H21BrN2S2. The molecule has 0 saturated heterocycles. The van der Waals surface area contributed by atoms with Gasteiger partial charge in [0.2, 0.25) is 0 Å². The standard InChI is InChI=1S/C15H21BrN2S2/c1-20-15(7-3-2-4-8-15)10-18-13-9-11(16)5-6-12(13)14(17)19/h5-6,9,18H,2-4,7-8,10H2,1H3,(H2,17,19). The molecule has 1 saturated carbocycles. The van der Waals surface area contributed by atoms with Crippen molar-refractivity contribution in [1.82, 2.24) is 0 Å². The first-order valence-corrected chi connectivity index (χ1v) is 9.37. The van der Waals surface area contributed by atoms with Gasteiger partial charge in [0.25, 0.3) is 0 Å². The van der Waals surface area contributed by atoms with Gasteiger partial charge in [-0.1, -0.05) is 47.4 Å². The summed E-state index contributed by atoms with van der Waals surface area (Å²) >= 11 is 10.6. The Morgan fingerprint density at radius 1 is 1.40 bits per heavy atom. The number of thioether (sulfide) groups is 1. The van der Waals surface area contributed by atoms with Crippen molar-refractivity contribution in [3.05, 3.63) is 28.2 Å². The van der Waals surface area contributed by atoms with Crippen LogP contribution in [0.15, 0.2) is 22.7 Å². The van der Waals surface area contributed by atoms with Gasteiger partial charge < -0.3 is 11.1 Å². The minimum atomic E-state index is 0.355. The Morgan fingerprint density at radius 3 is 2.70 bits per heavy atom. The number of hydrogen-bond acceptors (Lipinski definition) is 3. The van der Waals surface area contributed by atoms with E-state index in [1.165, 1.54) is 32.1 Å². The van der Waals surface area contributed by atoms with Gasteiger partial charge in [-0.15, -0.1) is 0 Å². The van der Waals surface area contributed by atoms with Crippen molar-refractivity contribution in [2.75, 3.05) is 18.1 Å². The van der Waals surface area contributed by atoms with Crippen molar-refractivity contribution in [2.24, 2.45) is 5.73 Å². The lowest BCUT2D eigenvalue weighted by molar-refractivity contribution is 0.411. The van der Waals surface area contributed by atoms with Crippen LogP contribution in [0.25, 0.3) is 0 Å². The summed E-state index contributed by atoms with van der Waals surface area (Å²) in [5, 5.41) is 3.58. The smallest absolute Gasteiger partial charge is 0.106 e. The summed E-state index contributed by atoms with van der Waals surface area (Å²) in [4.78, 5) is 0.446. The summed E-state index contributed by atoms with van der Waals surface area (Å²) in [6.45, 7) is 0.972. The van der Waals surface area contributed by atoms with Crippen LogP contribution in [-0.2, 0) is 0 Å². The zero-order chi connectivity index (χ0) is 14.6. The topological polar surface area (TPSA) is 38.0 Å². The highest BCUT2D eigenvalue weighted by Crippen LogP contribution is 2.39. The van der Waals surface area contributed by atoms with Gasteiger partial charge >= 0.3 is 0 Å². The molecule has 1 aliphatic carbocycles. The second-order valence-corrected chi connectivity index (χ2v) is 7.99. The van der Waals surface area contributed by atoms with Crippen LogP contribution in [0.4, 0.5) is 5.69 Å². The Morgan fingerprint density at radius 2 is 2.10 bits per heavy atom. The summed E-state index contributed by atoms with van der Waals surface area (Å²) in [5.74, 6) is 0. The van der Waals surface area contributed by atoms with Crippen molar-refractivity contribution < 1.29 is 0 Å². The van der Waals surface area contributed by atoms with Crippen LogP contribution in [0.2, 0.25) is 0 Å². The molecule has 0 amide bonds. The summed E-state index contributed by atoms with van der Waals surface area (Å²) in [6.07, 6.45) is 8.85. The maximum absolute atomic E-state index is 5.81. The van der Waals surface area contributed by atoms with E-state index in [0.29, 0.717) is 9.74 Å². The van der Waals surface area contributed by atoms with Gasteiger partial charge in [-0.2, -0.15) is 11.8 Å². The molecule has 0 heterocycles. The third-order valence-corrected chi connectivity index (χ3v) is 6.18. The maximum Gasteiger partial charge on any atom is 0.106 e. The van der Waals surface area contributed by atoms with Crippen LogP contribution in [0, 0.1) is 0 Å². The number of rotatable bonds is 5. The quantitative estimate of drug-likeness (QED) is 0.742. The molecule has 3 N–H and O–H groups in total. The predicted molar refractivity (Wildman–Crippen MR) is 97.9 cm³/mol. The van der Waals surface area contributed by atoms with Crippen molar-refractivity contribution in [3.8, 4) is 0 Å². The zero-order valence-corrected chi connectivity index (χ0v) is 15.0. The molecule has 1 aromatic rings. The Labute approximate surface area is 139 Å². The molecule has 5 heteroatoms. The fourth-order valence-corrected chi connectivity index (χ4v) is 4.24. The van der Waals surface area contributed by atoms with E-state index in [0.717, 1.165) is 22.3 Å². The maximum atomic E-state index is 5.81. The van der Waals surface area contributed by atoms with Gasteiger partial charge in [-0.3, -0.25) is 0 Å². The van der Waals surface area contributed by atoms with Crippen molar-refractivity contribution in [3.63, 3.8) is 0 Å². The number of benzene rings is 1. The fourth-order valence-electron chi connectivity index (χ4n) is 2.78. The minimum absolute atomic E-state index is 0.355. The third kappa shape index (κ3) is 3.89. The predicted octanol–water partition coefficient (Wildman–Crippen LogP) is 4.56. The van der Waals surface area contributed by atoms with E-state index in [9.17, 15) is 0 Å². The van der Waals surface area contributed by atoms with Gasteiger partial charge in [0.15, 0.2) is 0 Å². The lowest BCUT2D eigenvalue weighted by Crippen LogP contribution is -2.36. The second kappa shape index (κ2) is 7.14. The largest absolute Gasteiger partial charge is 0.389 e. The highest BCUT2D eigenvalue weighted by atomic mass is 79.9. The van der Waals surface area contributed by atoms with E-state index in [1.54, 1.807) is 0 Å². The molecule has 0 aliphatic heterocycles. The Bertz CT molecular complexity index is 485. The molecule has 20 heavy (non-hydrogen) atoms. The monoisotopic (exact) mass is 372 g/mol. The molecule has 0 aromatic heterocycles. The van der Waals surface area contributed by atoms with E-state index in [1.807, 2.05) is 23.9 Å². The lowest BCUT2D eigenvalue weighted by atomic mass is 9.88. The highest BCUT2D eigenvalue weighted by Gasteiger charge is 2.31. The van der Waals surface area contributed by atoms with E-state index in [2.05, 4.69) is 33.6 Å². The van der Waals surface area contributed by atoms with Crippen LogP contribution in [-0.4, -0.2) is 22.5 Å². The van der Waals surface area contributed by atoms with Crippen molar-refractivity contribution in [1.29, 1.82) is 0 Å². The summed E-state index contributed by atoms with van der Waals surface area (Å²) in [6, 6.07) is 6.01. The SMILES string of the molecule is CSC1(CNc2cc(Br)ccc2C(N)=S)CCCCC1. The molecule has 0 radical (unpaired) electrons. The van der Waals surface area contributed by atoms with E-state index in [4.69, 9.17) is 18.0 Å². The molecule has 0 atom stereocenters. The van der Waals surface area contributed by atoms with Crippen LogP contribution in [0.3, 0.4) is 0 Å². The van der Waals surface area contributed by atoms with E-state index in [-0.39, 0.29) is 0 Å². The summed E-state index contributed by atoms with van der Waals surface area (Å²) in [5.41, 5.74) is 7.77. The molecule has 2 nitrogen and oxygen atoms in total. The Hall–Kier alpha value is -0.260. The molecule has 2 rings (SSSR count). The molecule has 1 aromatic carbocycles. The minimum Gasteiger partial charge on any atom is -0.389 e. The highest BCUT2D eigenvalue weighted by molar-refractivity contribution is 9.10. The number of nitrogens with two attached hydrogens (primary N) is 1. The lowest BCUT2D eigenvalue weighted by Gasteiger charge is -2.36. The van der Waals surface area contributed by atoms with E-state index >= 15 is 0 Å². The van der Waals surface area contributed by atoms with Crippen LogP contribution in [0.5, 0.6) is 0 Å². The first kappa shape index (κ1) is 16.1. The first-order chi connectivity index (χ1) is 9.56. The van der Waals surface area contributed by atoms with E-state index < -0.39 is 0 Å². The average molecular weight is 373 g/mol. The Kier molecular flexibility index (Phi) is 5.75. The van der Waals surface area contributed by atoms with Gasteiger partial charge in [-0.05, 0) is 37.3 Å². The second-order valence-electron chi connectivity index (χ2n) is 5.36.